The standard InChI is InChI=1S/C41H44N8O4S3/c1-46(2)19-18-31(28-55-33-10-4-3-5-11-33)44-37-17-15-34(26-39(37)49(50)51)56(52,53)45-41-36-16-14-32(25-38(36)42-29-43-41)48-22-20-47(21-23-48)27-30-9-6-7-12-35(30)40-13-8-24-54-40/h3-17,24-26,29,31,44H,18-23,27-28H2,1-2H3,(H,42,43,45)/t31-/m1/s1. The average Bonchev–Trinajstić information content (AvgIpc) is 3.75. The predicted molar refractivity (Wildman–Crippen MR) is 228 cm³/mol. The minimum absolute atomic E-state index is 0.0994. The molecular weight excluding hydrogens is 765 g/mol. The number of nitrogens with zero attached hydrogens (tertiary/aromatic N) is 6. The highest BCUT2D eigenvalue weighted by Crippen LogP contribution is 2.33. The minimum Gasteiger partial charge on any atom is -0.376 e. The van der Waals surface area contributed by atoms with E-state index in [-0.39, 0.29) is 28.1 Å². The Bertz CT molecular complexity index is 2370. The van der Waals surface area contributed by atoms with E-state index in [4.69, 9.17) is 0 Å². The Kier molecular flexibility index (Phi) is 12.5. The summed E-state index contributed by atoms with van der Waals surface area (Å²) in [6, 6.07) is 32.4. The van der Waals surface area contributed by atoms with Crippen LogP contribution in [0, 0.1) is 10.1 Å². The molecule has 2 N–H and O–H groups in total. The molecule has 0 spiro atoms. The molecule has 1 saturated heterocycles. The zero-order chi connectivity index (χ0) is 39.1. The van der Waals surface area contributed by atoms with E-state index in [1.807, 2.05) is 62.6 Å². The molecule has 1 aliphatic heterocycles. The van der Waals surface area contributed by atoms with E-state index in [0.717, 1.165) is 62.3 Å². The fraction of sp³-hybridized carbons (Fsp3) is 0.268. The van der Waals surface area contributed by atoms with Gasteiger partial charge in [0.2, 0.25) is 0 Å². The molecule has 0 amide bonds. The molecule has 6 aromatic rings. The number of aromatic nitrogens is 2. The number of nitro benzene ring substituents is 1. The van der Waals surface area contributed by atoms with Crippen molar-refractivity contribution < 1.29 is 13.3 Å². The normalized spacial score (nSPS) is 14.2. The maximum Gasteiger partial charge on any atom is 0.293 e. The van der Waals surface area contributed by atoms with Crippen molar-refractivity contribution in [3.05, 3.63) is 131 Å². The summed E-state index contributed by atoms with van der Waals surface area (Å²) in [5, 5.41) is 18.3. The third-order valence-corrected chi connectivity index (χ3v) is 13.2. The zero-order valence-electron chi connectivity index (χ0n) is 31.2. The lowest BCUT2D eigenvalue weighted by atomic mass is 10.1. The van der Waals surface area contributed by atoms with E-state index in [1.165, 1.54) is 34.5 Å². The van der Waals surface area contributed by atoms with Crippen LogP contribution in [0.15, 0.2) is 125 Å². The Morgan fingerprint density at radius 2 is 1.71 bits per heavy atom. The van der Waals surface area contributed by atoms with Crippen molar-refractivity contribution in [1.29, 1.82) is 0 Å². The molecule has 1 atom stereocenters. The molecule has 0 bridgehead atoms. The number of thiophene rings is 1. The first-order chi connectivity index (χ1) is 27.1. The van der Waals surface area contributed by atoms with Crippen molar-refractivity contribution in [2.24, 2.45) is 0 Å². The van der Waals surface area contributed by atoms with Crippen LogP contribution in [0.2, 0.25) is 0 Å². The number of anilines is 3. The lowest BCUT2D eigenvalue weighted by Crippen LogP contribution is -2.46. The number of piperazine rings is 1. The first-order valence-electron chi connectivity index (χ1n) is 18.4. The Morgan fingerprint density at radius 1 is 0.929 bits per heavy atom. The van der Waals surface area contributed by atoms with Crippen LogP contribution in [0.4, 0.5) is 22.9 Å². The SMILES string of the molecule is CN(C)CC[C@H](CSc1ccccc1)Nc1ccc(S(=O)(=O)Nc2ncnc3cc(N4CCN(Cc5ccccc5-c5cccs5)CC4)ccc23)cc1[N+](=O)[O-]. The smallest absolute Gasteiger partial charge is 0.293 e. The zero-order valence-corrected chi connectivity index (χ0v) is 33.7. The van der Waals surface area contributed by atoms with Gasteiger partial charge in [0.05, 0.1) is 15.3 Å². The summed E-state index contributed by atoms with van der Waals surface area (Å²) in [5.74, 6) is 0.767. The quantitative estimate of drug-likeness (QED) is 0.0561. The van der Waals surface area contributed by atoms with E-state index in [2.05, 4.69) is 76.5 Å². The van der Waals surface area contributed by atoms with Crippen LogP contribution in [-0.4, -0.2) is 91.7 Å². The highest BCUT2D eigenvalue weighted by atomic mass is 32.2. The van der Waals surface area contributed by atoms with Gasteiger partial charge in [0.15, 0.2) is 5.82 Å². The Hall–Kier alpha value is -5.06. The number of nitro groups is 1. The van der Waals surface area contributed by atoms with Gasteiger partial charge in [-0.15, -0.1) is 23.1 Å². The number of nitrogens with one attached hydrogen (secondary N) is 2. The molecule has 1 aliphatic rings. The van der Waals surface area contributed by atoms with Crippen molar-refractivity contribution >= 4 is 66.9 Å². The fourth-order valence-corrected chi connectivity index (χ4v) is 9.57. The van der Waals surface area contributed by atoms with Gasteiger partial charge in [0.1, 0.15) is 12.0 Å². The molecule has 7 rings (SSSR count). The number of hydrogen-bond acceptors (Lipinski definition) is 12. The molecule has 0 radical (unpaired) electrons. The minimum atomic E-state index is -4.25. The Balaban J connectivity index is 1.03. The van der Waals surface area contributed by atoms with Crippen molar-refractivity contribution in [3.63, 3.8) is 0 Å². The molecule has 1 fully saturated rings. The molecule has 12 nitrogen and oxygen atoms in total. The molecule has 290 valence electrons. The monoisotopic (exact) mass is 808 g/mol. The van der Waals surface area contributed by atoms with Crippen molar-refractivity contribution in [3.8, 4) is 10.4 Å². The van der Waals surface area contributed by atoms with Crippen LogP contribution in [0.1, 0.15) is 12.0 Å². The van der Waals surface area contributed by atoms with E-state index in [9.17, 15) is 18.5 Å². The van der Waals surface area contributed by atoms with Crippen LogP contribution in [0.5, 0.6) is 0 Å². The number of fused-ring (bicyclic) bond motifs is 1. The number of hydrogen-bond donors (Lipinski definition) is 2. The van der Waals surface area contributed by atoms with Crippen LogP contribution < -0.4 is 14.9 Å². The van der Waals surface area contributed by atoms with Gasteiger partial charge < -0.3 is 15.1 Å². The van der Waals surface area contributed by atoms with Crippen molar-refractivity contribution in [2.45, 2.75) is 28.8 Å². The van der Waals surface area contributed by atoms with Gasteiger partial charge in [0, 0.05) is 71.4 Å². The maximum atomic E-state index is 13.7. The van der Waals surface area contributed by atoms with Crippen molar-refractivity contribution in [1.82, 2.24) is 19.8 Å². The first kappa shape index (κ1) is 39.2. The highest BCUT2D eigenvalue weighted by Gasteiger charge is 2.25. The molecule has 4 aromatic carbocycles. The predicted octanol–water partition coefficient (Wildman–Crippen LogP) is 7.91. The molecule has 0 unspecified atom stereocenters. The third-order valence-electron chi connectivity index (χ3n) is 9.74. The highest BCUT2D eigenvalue weighted by molar-refractivity contribution is 7.99. The van der Waals surface area contributed by atoms with Crippen molar-refractivity contribution in [2.75, 3.05) is 67.5 Å². The van der Waals surface area contributed by atoms with Gasteiger partial charge in [-0.2, -0.15) is 0 Å². The number of benzene rings is 4. The molecule has 0 aliphatic carbocycles. The average molecular weight is 809 g/mol. The van der Waals surface area contributed by atoms with Gasteiger partial charge in [-0.25, -0.2) is 18.4 Å². The lowest BCUT2D eigenvalue weighted by molar-refractivity contribution is -0.384. The first-order valence-corrected chi connectivity index (χ1v) is 21.7. The summed E-state index contributed by atoms with van der Waals surface area (Å²) >= 11 is 3.41. The van der Waals surface area contributed by atoms with E-state index in [1.54, 1.807) is 23.1 Å². The van der Waals surface area contributed by atoms with Gasteiger partial charge in [-0.3, -0.25) is 19.7 Å². The maximum absolute atomic E-state index is 13.7. The summed E-state index contributed by atoms with van der Waals surface area (Å²) < 4.78 is 30.0. The number of rotatable bonds is 16. The van der Waals surface area contributed by atoms with Crippen LogP contribution >= 0.6 is 23.1 Å². The summed E-state index contributed by atoms with van der Waals surface area (Å²) in [7, 11) is -0.294. The second-order valence-corrected chi connectivity index (χ2v) is 17.6. The Labute approximate surface area is 335 Å². The van der Waals surface area contributed by atoms with Crippen LogP contribution in [0.25, 0.3) is 21.3 Å². The fourth-order valence-electron chi connectivity index (χ4n) is 6.74. The molecule has 56 heavy (non-hydrogen) atoms. The topological polar surface area (TPSA) is 137 Å². The van der Waals surface area contributed by atoms with Gasteiger partial charge in [0.25, 0.3) is 15.7 Å². The van der Waals surface area contributed by atoms with Gasteiger partial charge in [-0.05, 0) is 92.1 Å². The second-order valence-electron chi connectivity index (χ2n) is 13.9. The van der Waals surface area contributed by atoms with E-state index < -0.39 is 14.9 Å². The van der Waals surface area contributed by atoms with Gasteiger partial charge in [-0.1, -0.05) is 48.5 Å². The number of sulfonamides is 1. The van der Waals surface area contributed by atoms with Gasteiger partial charge >= 0.3 is 0 Å². The summed E-state index contributed by atoms with van der Waals surface area (Å²) in [6.07, 6.45) is 2.05. The van der Waals surface area contributed by atoms with E-state index in [0.29, 0.717) is 16.7 Å². The molecule has 3 heterocycles. The molecular formula is C41H44N8O4S3. The largest absolute Gasteiger partial charge is 0.376 e. The Morgan fingerprint density at radius 3 is 2.46 bits per heavy atom. The lowest BCUT2D eigenvalue weighted by Gasteiger charge is -2.36. The summed E-state index contributed by atoms with van der Waals surface area (Å²) in [4.78, 5) is 29.4. The number of thioether (sulfide) groups is 1. The van der Waals surface area contributed by atoms with Crippen LogP contribution in [0.3, 0.4) is 0 Å². The second kappa shape index (κ2) is 17.8. The molecule has 0 saturated carbocycles. The summed E-state index contributed by atoms with van der Waals surface area (Å²) in [5.41, 5.74) is 4.12. The van der Waals surface area contributed by atoms with Crippen LogP contribution in [-0.2, 0) is 16.6 Å². The third kappa shape index (κ3) is 9.65. The summed E-state index contributed by atoms with van der Waals surface area (Å²) in [6.45, 7) is 5.12. The molecule has 2 aromatic heterocycles. The molecule has 15 heteroatoms. The van der Waals surface area contributed by atoms with E-state index >= 15 is 0 Å².